The average molecular weight is 328 g/mol. The number of aryl methyl sites for hydroxylation is 1. The fourth-order valence-corrected chi connectivity index (χ4v) is 3.73. The summed E-state index contributed by atoms with van der Waals surface area (Å²) >= 11 is 3.60. The van der Waals surface area contributed by atoms with Crippen molar-refractivity contribution in [2.45, 2.75) is 26.2 Å². The second-order valence-corrected chi connectivity index (χ2v) is 5.94. The van der Waals surface area contributed by atoms with E-state index in [2.05, 4.69) is 34.2 Å². The lowest BCUT2D eigenvalue weighted by Gasteiger charge is -2.24. The predicted octanol–water partition coefficient (Wildman–Crippen LogP) is 3.32. The van der Waals surface area contributed by atoms with Crippen LogP contribution in [0, 0.1) is 12.8 Å². The summed E-state index contributed by atoms with van der Waals surface area (Å²) in [6.45, 7) is 4.33. The van der Waals surface area contributed by atoms with Crippen molar-refractivity contribution >= 4 is 15.9 Å². The number of benzene rings is 1. The molecule has 0 aromatic heterocycles. The zero-order chi connectivity index (χ0) is 13.8. The Balaban J connectivity index is 2.28. The topological polar surface area (TPSA) is 30.5 Å². The molecule has 0 spiro atoms. The number of hydrogen-bond acceptors (Lipinski definition) is 3. The van der Waals surface area contributed by atoms with E-state index in [1.807, 2.05) is 0 Å². The van der Waals surface area contributed by atoms with Crippen molar-refractivity contribution in [2.24, 2.45) is 5.92 Å². The van der Waals surface area contributed by atoms with Crippen molar-refractivity contribution < 1.29 is 9.47 Å². The second kappa shape index (κ2) is 6.62. The van der Waals surface area contributed by atoms with Crippen LogP contribution in [0.2, 0.25) is 0 Å². The first-order chi connectivity index (χ1) is 9.17. The van der Waals surface area contributed by atoms with E-state index in [0.29, 0.717) is 5.92 Å². The number of hydrogen-bond donors (Lipinski definition) is 1. The Morgan fingerprint density at radius 3 is 2.63 bits per heavy atom. The van der Waals surface area contributed by atoms with Gasteiger partial charge in [0.2, 0.25) is 0 Å². The number of nitrogens with one attached hydrogen (secondary N) is 1. The second-order valence-electron chi connectivity index (χ2n) is 5.15. The summed E-state index contributed by atoms with van der Waals surface area (Å²) in [5.74, 6) is 2.47. The molecule has 106 valence electrons. The van der Waals surface area contributed by atoms with Crippen LogP contribution >= 0.6 is 15.9 Å². The quantitative estimate of drug-likeness (QED) is 0.920. The van der Waals surface area contributed by atoms with Crippen molar-refractivity contribution in [1.82, 2.24) is 5.32 Å². The zero-order valence-corrected chi connectivity index (χ0v) is 13.5. The molecule has 0 amide bonds. The van der Waals surface area contributed by atoms with E-state index in [1.165, 1.54) is 18.4 Å². The lowest BCUT2D eigenvalue weighted by atomic mass is 9.91. The Morgan fingerprint density at radius 1 is 1.32 bits per heavy atom. The molecule has 2 rings (SSSR count). The van der Waals surface area contributed by atoms with E-state index < -0.39 is 0 Å². The SMILES string of the molecule is COc1c(C)cc(CC2CCCNC2)c(OC)c1Br. The van der Waals surface area contributed by atoms with Crippen molar-refractivity contribution in [3.05, 3.63) is 21.7 Å². The van der Waals surface area contributed by atoms with Crippen LogP contribution in [0.4, 0.5) is 0 Å². The molecule has 1 atom stereocenters. The molecule has 1 aliphatic heterocycles. The Morgan fingerprint density at radius 2 is 2.05 bits per heavy atom. The first kappa shape index (κ1) is 14.7. The molecule has 0 bridgehead atoms. The smallest absolute Gasteiger partial charge is 0.140 e. The van der Waals surface area contributed by atoms with Crippen molar-refractivity contribution in [3.8, 4) is 11.5 Å². The third-order valence-electron chi connectivity index (χ3n) is 3.76. The number of halogens is 1. The highest BCUT2D eigenvalue weighted by atomic mass is 79.9. The number of rotatable bonds is 4. The molecule has 1 aromatic rings. The lowest BCUT2D eigenvalue weighted by Crippen LogP contribution is -2.30. The van der Waals surface area contributed by atoms with Gasteiger partial charge in [-0.05, 0) is 78.3 Å². The lowest BCUT2D eigenvalue weighted by molar-refractivity contribution is 0.358. The van der Waals surface area contributed by atoms with E-state index in [-0.39, 0.29) is 0 Å². The van der Waals surface area contributed by atoms with Crippen molar-refractivity contribution in [3.63, 3.8) is 0 Å². The maximum absolute atomic E-state index is 5.57. The highest BCUT2D eigenvalue weighted by molar-refractivity contribution is 9.10. The molecule has 19 heavy (non-hydrogen) atoms. The third kappa shape index (κ3) is 3.23. The van der Waals surface area contributed by atoms with Gasteiger partial charge in [-0.25, -0.2) is 0 Å². The van der Waals surface area contributed by atoms with Crippen LogP contribution in [0.5, 0.6) is 11.5 Å². The number of methoxy groups -OCH3 is 2. The van der Waals surface area contributed by atoms with Gasteiger partial charge in [-0.2, -0.15) is 0 Å². The van der Waals surface area contributed by atoms with Crippen molar-refractivity contribution in [1.29, 1.82) is 0 Å². The van der Waals surface area contributed by atoms with Crippen LogP contribution in [-0.4, -0.2) is 27.3 Å². The molecule has 4 heteroatoms. The van der Waals surface area contributed by atoms with E-state index in [0.717, 1.165) is 41.0 Å². The van der Waals surface area contributed by atoms with E-state index in [1.54, 1.807) is 14.2 Å². The molecule has 0 saturated carbocycles. The van der Waals surface area contributed by atoms with Gasteiger partial charge in [-0.1, -0.05) is 0 Å². The molecular formula is C15H22BrNO2. The molecule has 0 radical (unpaired) electrons. The van der Waals surface area contributed by atoms with Crippen LogP contribution in [0.1, 0.15) is 24.0 Å². The van der Waals surface area contributed by atoms with Gasteiger partial charge in [-0.3, -0.25) is 0 Å². The fraction of sp³-hybridized carbons (Fsp3) is 0.600. The zero-order valence-electron chi connectivity index (χ0n) is 11.9. The maximum atomic E-state index is 5.57. The van der Waals surface area contributed by atoms with Gasteiger partial charge in [0.05, 0.1) is 14.2 Å². The molecule has 1 N–H and O–H groups in total. The molecule has 1 fully saturated rings. The Bertz CT molecular complexity index is 442. The Labute approximate surface area is 123 Å². The van der Waals surface area contributed by atoms with Gasteiger partial charge < -0.3 is 14.8 Å². The molecule has 0 aliphatic carbocycles. The van der Waals surface area contributed by atoms with Crippen LogP contribution in [0.15, 0.2) is 10.5 Å². The first-order valence-electron chi connectivity index (χ1n) is 6.78. The van der Waals surface area contributed by atoms with E-state index in [4.69, 9.17) is 9.47 Å². The summed E-state index contributed by atoms with van der Waals surface area (Å²) < 4.78 is 11.9. The predicted molar refractivity (Wildman–Crippen MR) is 81.3 cm³/mol. The summed E-state index contributed by atoms with van der Waals surface area (Å²) in [6.07, 6.45) is 3.61. The van der Waals surface area contributed by atoms with Crippen molar-refractivity contribution in [2.75, 3.05) is 27.3 Å². The highest BCUT2D eigenvalue weighted by Crippen LogP contribution is 2.41. The van der Waals surface area contributed by atoms with E-state index >= 15 is 0 Å². The van der Waals surface area contributed by atoms with Gasteiger partial charge in [0.15, 0.2) is 0 Å². The minimum Gasteiger partial charge on any atom is -0.495 e. The van der Waals surface area contributed by atoms with Gasteiger partial charge in [0.1, 0.15) is 16.0 Å². The summed E-state index contributed by atoms with van der Waals surface area (Å²) in [5, 5.41) is 3.47. The summed E-state index contributed by atoms with van der Waals surface area (Å²) in [4.78, 5) is 0. The van der Waals surface area contributed by atoms with Crippen LogP contribution < -0.4 is 14.8 Å². The monoisotopic (exact) mass is 327 g/mol. The minimum absolute atomic E-state index is 0.697. The molecular weight excluding hydrogens is 306 g/mol. The van der Waals surface area contributed by atoms with Crippen LogP contribution in [0.25, 0.3) is 0 Å². The van der Waals surface area contributed by atoms with Gasteiger partial charge in [0, 0.05) is 0 Å². The van der Waals surface area contributed by atoms with Gasteiger partial charge >= 0.3 is 0 Å². The fourth-order valence-electron chi connectivity index (χ4n) is 2.84. The third-order valence-corrected chi connectivity index (χ3v) is 4.48. The normalized spacial score (nSPS) is 19.3. The van der Waals surface area contributed by atoms with Crippen LogP contribution in [-0.2, 0) is 6.42 Å². The molecule has 1 saturated heterocycles. The summed E-state index contributed by atoms with van der Waals surface area (Å²) in [7, 11) is 3.41. The summed E-state index contributed by atoms with van der Waals surface area (Å²) in [6, 6.07) is 2.19. The molecule has 1 heterocycles. The maximum Gasteiger partial charge on any atom is 0.140 e. The Kier molecular flexibility index (Phi) is 5.11. The Hall–Kier alpha value is -0.740. The van der Waals surface area contributed by atoms with Gasteiger partial charge in [-0.15, -0.1) is 0 Å². The first-order valence-corrected chi connectivity index (χ1v) is 7.57. The molecule has 1 unspecified atom stereocenters. The number of ether oxygens (including phenoxy) is 2. The molecule has 3 nitrogen and oxygen atoms in total. The molecule has 1 aromatic carbocycles. The van der Waals surface area contributed by atoms with E-state index in [9.17, 15) is 0 Å². The van der Waals surface area contributed by atoms with Crippen LogP contribution in [0.3, 0.4) is 0 Å². The minimum atomic E-state index is 0.697. The largest absolute Gasteiger partial charge is 0.495 e. The number of piperidine rings is 1. The van der Waals surface area contributed by atoms with Gasteiger partial charge in [0.25, 0.3) is 0 Å². The summed E-state index contributed by atoms with van der Waals surface area (Å²) in [5.41, 5.74) is 2.41. The average Bonchev–Trinajstić information content (AvgIpc) is 2.40. The molecule has 1 aliphatic rings. The standard InChI is InChI=1S/C15H22BrNO2/c1-10-7-12(8-11-5-4-6-17-9-11)15(19-3)13(16)14(10)18-2/h7,11,17H,4-6,8-9H2,1-3H3. The highest BCUT2D eigenvalue weighted by Gasteiger charge is 2.20.